The van der Waals surface area contributed by atoms with Crippen LogP contribution in [0.3, 0.4) is 0 Å². The predicted octanol–water partition coefficient (Wildman–Crippen LogP) is 4.73. The molecule has 1 heterocycles. The third kappa shape index (κ3) is 8.04. The fourth-order valence-corrected chi connectivity index (χ4v) is 5.22. The average molecular weight is 595 g/mol. The van der Waals surface area contributed by atoms with E-state index in [2.05, 4.69) is 15.8 Å². The highest BCUT2D eigenvalue weighted by Crippen LogP contribution is 2.23. The number of hydrogen-bond acceptors (Lipinski definition) is 7. The van der Waals surface area contributed by atoms with E-state index in [1.54, 1.807) is 84.9 Å². The largest absolute Gasteiger partial charge is 0.497 e. The number of methoxy groups -OCH3 is 1. The van der Waals surface area contributed by atoms with Gasteiger partial charge in [0.25, 0.3) is 0 Å². The molecule has 3 aromatic carbocycles. The van der Waals surface area contributed by atoms with Crippen molar-refractivity contribution in [2.24, 2.45) is 5.10 Å². The number of carbonyl (C=O) groups is 2. The van der Waals surface area contributed by atoms with E-state index in [0.717, 1.165) is 11.1 Å². The molecule has 2 amide bonds. The van der Waals surface area contributed by atoms with E-state index < -0.39 is 21.8 Å². The molecule has 0 unspecified atom stereocenters. The van der Waals surface area contributed by atoms with Crippen molar-refractivity contribution in [3.8, 4) is 5.75 Å². The molecule has 12 heteroatoms. The molecule has 10 nitrogen and oxygen atoms in total. The van der Waals surface area contributed by atoms with Crippen LogP contribution in [0.2, 0.25) is 5.02 Å². The molecule has 0 atom stereocenters. The summed E-state index contributed by atoms with van der Waals surface area (Å²) in [5.41, 5.74) is 4.19. The van der Waals surface area contributed by atoms with Crippen LogP contribution in [-0.2, 0) is 32.7 Å². The fraction of sp³-hybridized carbons (Fsp3) is 0.138. The number of furan rings is 1. The number of aryl methyl sites for hydroxylation is 1. The summed E-state index contributed by atoms with van der Waals surface area (Å²) in [6, 6.07) is 23.2. The number of nitrogens with zero attached hydrogens (tertiary/aromatic N) is 2. The minimum absolute atomic E-state index is 0.0675. The molecule has 1 aromatic heterocycles. The summed E-state index contributed by atoms with van der Waals surface area (Å²) in [6.45, 7) is 1.89. The lowest BCUT2D eigenvalue weighted by molar-refractivity contribution is -0.136. The van der Waals surface area contributed by atoms with Crippen LogP contribution < -0.4 is 15.5 Å². The number of carbonyl (C=O) groups excluding carboxylic acids is 2. The van der Waals surface area contributed by atoms with Crippen LogP contribution in [0.5, 0.6) is 5.75 Å². The zero-order valence-electron chi connectivity index (χ0n) is 22.2. The van der Waals surface area contributed by atoms with E-state index >= 15 is 0 Å². The second kappa shape index (κ2) is 13.3. The van der Waals surface area contributed by atoms with Gasteiger partial charge in [-0.1, -0.05) is 47.5 Å². The Balaban J connectivity index is 1.43. The predicted molar refractivity (Wildman–Crippen MR) is 155 cm³/mol. The maximum atomic E-state index is 13.5. The van der Waals surface area contributed by atoms with Gasteiger partial charge in [0.2, 0.25) is 10.0 Å². The number of hydrogen-bond donors (Lipinski definition) is 2. The van der Waals surface area contributed by atoms with E-state index in [-0.39, 0.29) is 23.7 Å². The molecule has 0 radical (unpaired) electrons. The summed E-state index contributed by atoms with van der Waals surface area (Å²) in [7, 11) is -2.40. The number of ether oxygens (including phenoxy) is 1. The van der Waals surface area contributed by atoms with E-state index in [1.165, 1.54) is 17.6 Å². The second-order valence-corrected chi connectivity index (χ2v) is 11.3. The highest BCUT2D eigenvalue weighted by Gasteiger charge is 2.26. The second-order valence-electron chi connectivity index (χ2n) is 8.90. The summed E-state index contributed by atoms with van der Waals surface area (Å²) in [4.78, 5) is 24.4. The number of sulfonamides is 1. The van der Waals surface area contributed by atoms with Gasteiger partial charge in [-0.15, -0.1) is 0 Å². The van der Waals surface area contributed by atoms with E-state index in [0.29, 0.717) is 22.2 Å². The third-order valence-electron chi connectivity index (χ3n) is 5.84. The molecule has 0 fully saturated rings. The monoisotopic (exact) mass is 594 g/mol. The molecule has 212 valence electrons. The van der Waals surface area contributed by atoms with Crippen molar-refractivity contribution < 1.29 is 27.2 Å². The Bertz CT molecular complexity index is 1650. The molecule has 4 aromatic rings. The number of rotatable bonds is 10. The van der Waals surface area contributed by atoms with Crippen molar-refractivity contribution in [3.63, 3.8) is 0 Å². The lowest BCUT2D eigenvalue weighted by atomic mass is 10.2. The highest BCUT2D eigenvalue weighted by molar-refractivity contribution is 7.89. The number of benzene rings is 3. The van der Waals surface area contributed by atoms with Crippen molar-refractivity contribution in [2.75, 3.05) is 12.4 Å². The molecule has 2 N–H and O–H groups in total. The van der Waals surface area contributed by atoms with Gasteiger partial charge < -0.3 is 14.5 Å². The van der Waals surface area contributed by atoms with Crippen molar-refractivity contribution in [1.82, 2.24) is 9.73 Å². The van der Waals surface area contributed by atoms with Gasteiger partial charge in [0.15, 0.2) is 0 Å². The Kier molecular flexibility index (Phi) is 9.56. The standard InChI is InChI=1S/C29H27ClN4O6S/c1-20-6-14-27(15-7-20)41(37,38)34(18-21-8-10-22(30)11-9-21)19-26-13-12-25(40-26)17-31-33-29(36)28(35)32-23-4-3-5-24(16-23)39-2/h3-17H,18-19H2,1-2H3,(H,32,35)(H,33,36)/b31-17+. The maximum Gasteiger partial charge on any atom is 0.329 e. The molecule has 41 heavy (non-hydrogen) atoms. The van der Waals surface area contributed by atoms with Gasteiger partial charge in [-0.05, 0) is 61.0 Å². The summed E-state index contributed by atoms with van der Waals surface area (Å²) in [6.07, 6.45) is 1.21. The first-order valence-corrected chi connectivity index (χ1v) is 14.1. The summed E-state index contributed by atoms with van der Waals surface area (Å²) >= 11 is 6.00. The minimum atomic E-state index is -3.89. The van der Waals surface area contributed by atoms with Gasteiger partial charge >= 0.3 is 11.8 Å². The third-order valence-corrected chi connectivity index (χ3v) is 7.90. The molecule has 0 aliphatic carbocycles. The van der Waals surface area contributed by atoms with Gasteiger partial charge in [0.05, 0.1) is 24.8 Å². The molecule has 0 bridgehead atoms. The lowest BCUT2D eigenvalue weighted by Crippen LogP contribution is -2.32. The van der Waals surface area contributed by atoms with Crippen molar-refractivity contribution in [1.29, 1.82) is 0 Å². The van der Waals surface area contributed by atoms with Crippen LogP contribution in [0, 0.1) is 6.92 Å². The van der Waals surface area contributed by atoms with Crippen LogP contribution in [-0.4, -0.2) is 37.9 Å². The smallest absolute Gasteiger partial charge is 0.329 e. The zero-order valence-corrected chi connectivity index (χ0v) is 23.8. The van der Waals surface area contributed by atoms with Gasteiger partial charge in [-0.3, -0.25) is 9.59 Å². The molecule has 0 spiro atoms. The molecule has 0 aliphatic heterocycles. The lowest BCUT2D eigenvalue weighted by Gasteiger charge is -2.21. The van der Waals surface area contributed by atoms with Crippen LogP contribution in [0.1, 0.15) is 22.6 Å². The fourth-order valence-electron chi connectivity index (χ4n) is 3.70. The molecular weight excluding hydrogens is 568 g/mol. The summed E-state index contributed by atoms with van der Waals surface area (Å²) < 4.78 is 39.2. The maximum absolute atomic E-state index is 13.5. The summed E-state index contributed by atoms with van der Waals surface area (Å²) in [5.74, 6) is -0.803. The Morgan fingerprint density at radius 1 is 0.976 bits per heavy atom. The van der Waals surface area contributed by atoms with Crippen LogP contribution in [0.15, 0.2) is 99.3 Å². The topological polar surface area (TPSA) is 130 Å². The Labute approximate surface area is 242 Å². The molecule has 0 aliphatic rings. The van der Waals surface area contributed by atoms with E-state index in [9.17, 15) is 18.0 Å². The normalized spacial score (nSPS) is 11.5. The van der Waals surface area contributed by atoms with Crippen LogP contribution in [0.4, 0.5) is 5.69 Å². The Hall–Kier alpha value is -4.45. The minimum Gasteiger partial charge on any atom is -0.497 e. The van der Waals surface area contributed by atoms with E-state index in [1.807, 2.05) is 6.92 Å². The van der Waals surface area contributed by atoms with Gasteiger partial charge in [-0.2, -0.15) is 9.41 Å². The number of halogens is 1. The zero-order chi connectivity index (χ0) is 29.4. The first-order valence-electron chi connectivity index (χ1n) is 12.3. The summed E-state index contributed by atoms with van der Waals surface area (Å²) in [5, 5.41) is 6.75. The van der Waals surface area contributed by atoms with Crippen LogP contribution >= 0.6 is 11.6 Å². The van der Waals surface area contributed by atoms with Gasteiger partial charge in [0.1, 0.15) is 17.3 Å². The molecular formula is C29H27ClN4O6S. The number of hydrazone groups is 1. The Morgan fingerprint density at radius 2 is 1.71 bits per heavy atom. The average Bonchev–Trinajstić information content (AvgIpc) is 3.41. The van der Waals surface area contributed by atoms with Crippen LogP contribution in [0.25, 0.3) is 0 Å². The quantitative estimate of drug-likeness (QED) is 0.155. The first kappa shape index (κ1) is 29.5. The number of nitrogens with one attached hydrogen (secondary N) is 2. The van der Waals surface area contributed by atoms with Gasteiger partial charge in [0, 0.05) is 23.3 Å². The van der Waals surface area contributed by atoms with Gasteiger partial charge in [-0.25, -0.2) is 13.8 Å². The number of anilines is 1. The molecule has 4 rings (SSSR count). The van der Waals surface area contributed by atoms with Crippen molar-refractivity contribution >= 4 is 45.3 Å². The SMILES string of the molecule is COc1cccc(NC(=O)C(=O)N/N=C/c2ccc(CN(Cc3ccc(Cl)cc3)S(=O)(=O)c3ccc(C)cc3)o2)c1. The molecule has 0 saturated heterocycles. The molecule has 0 saturated carbocycles. The first-order chi connectivity index (χ1) is 19.6. The van der Waals surface area contributed by atoms with E-state index in [4.69, 9.17) is 20.8 Å². The highest BCUT2D eigenvalue weighted by atomic mass is 35.5. The Morgan fingerprint density at radius 3 is 2.41 bits per heavy atom. The van der Waals surface area contributed by atoms with Crippen molar-refractivity contribution in [2.45, 2.75) is 24.9 Å². The van der Waals surface area contributed by atoms with Crippen molar-refractivity contribution in [3.05, 3.63) is 113 Å². The number of amides is 2.